The van der Waals surface area contributed by atoms with Crippen LogP contribution in [0.15, 0.2) is 28.7 Å². The number of amides is 2. The molecule has 1 aromatic rings. The van der Waals surface area contributed by atoms with Crippen molar-refractivity contribution in [1.82, 2.24) is 5.32 Å². The van der Waals surface area contributed by atoms with Gasteiger partial charge in [0.15, 0.2) is 0 Å². The lowest BCUT2D eigenvalue weighted by molar-refractivity contribution is 0.173. The molecular formula is C11H15BrN2O2. The second kappa shape index (κ2) is 6.50. The Labute approximate surface area is 103 Å². The first-order valence-corrected chi connectivity index (χ1v) is 5.73. The van der Waals surface area contributed by atoms with E-state index in [9.17, 15) is 4.79 Å². The fourth-order valence-electron chi connectivity index (χ4n) is 1.22. The summed E-state index contributed by atoms with van der Waals surface area (Å²) in [4.78, 5) is 11.5. The molecule has 0 radical (unpaired) electrons. The van der Waals surface area contributed by atoms with E-state index in [1.165, 1.54) is 0 Å². The molecule has 0 saturated heterocycles. The van der Waals surface area contributed by atoms with E-state index >= 15 is 0 Å². The standard InChI is InChI=1S/C11H15BrN2O2/c1-8(7-16-2)13-11(15)14-10-5-3-9(12)4-6-10/h3-6,8H,7H2,1-2H3,(H2,13,14,15). The maximum Gasteiger partial charge on any atom is 0.319 e. The average molecular weight is 287 g/mol. The van der Waals surface area contributed by atoms with E-state index < -0.39 is 0 Å². The molecule has 1 unspecified atom stereocenters. The molecule has 0 heterocycles. The van der Waals surface area contributed by atoms with Crippen LogP contribution in [0.5, 0.6) is 0 Å². The zero-order valence-corrected chi connectivity index (χ0v) is 10.9. The van der Waals surface area contributed by atoms with Crippen LogP contribution in [0, 0.1) is 0 Å². The minimum Gasteiger partial charge on any atom is -0.383 e. The van der Waals surface area contributed by atoms with E-state index in [1.807, 2.05) is 31.2 Å². The van der Waals surface area contributed by atoms with Gasteiger partial charge in [0.1, 0.15) is 0 Å². The van der Waals surface area contributed by atoms with Crippen molar-refractivity contribution in [2.24, 2.45) is 0 Å². The highest BCUT2D eigenvalue weighted by atomic mass is 79.9. The summed E-state index contributed by atoms with van der Waals surface area (Å²) in [7, 11) is 1.60. The van der Waals surface area contributed by atoms with Crippen molar-refractivity contribution in [3.8, 4) is 0 Å². The molecule has 4 nitrogen and oxygen atoms in total. The first kappa shape index (κ1) is 13.0. The van der Waals surface area contributed by atoms with Crippen molar-refractivity contribution < 1.29 is 9.53 Å². The van der Waals surface area contributed by atoms with Crippen LogP contribution in [0.1, 0.15) is 6.92 Å². The Kier molecular flexibility index (Phi) is 5.28. The van der Waals surface area contributed by atoms with Crippen molar-refractivity contribution >= 4 is 27.6 Å². The molecule has 2 amide bonds. The Morgan fingerprint density at radius 2 is 2.06 bits per heavy atom. The third-order valence-corrected chi connectivity index (χ3v) is 2.42. The number of benzene rings is 1. The third kappa shape index (κ3) is 4.63. The average Bonchev–Trinajstić information content (AvgIpc) is 2.21. The summed E-state index contributed by atoms with van der Waals surface area (Å²) in [6, 6.07) is 7.14. The molecule has 0 aromatic heterocycles. The van der Waals surface area contributed by atoms with Crippen molar-refractivity contribution in [3.05, 3.63) is 28.7 Å². The molecule has 0 aliphatic heterocycles. The number of halogens is 1. The van der Waals surface area contributed by atoms with Crippen LogP contribution >= 0.6 is 15.9 Å². The highest BCUT2D eigenvalue weighted by molar-refractivity contribution is 9.10. The number of anilines is 1. The molecule has 0 aliphatic rings. The van der Waals surface area contributed by atoms with Crippen LogP contribution in [-0.2, 0) is 4.74 Å². The Bertz CT molecular complexity index is 340. The molecule has 0 bridgehead atoms. The summed E-state index contributed by atoms with van der Waals surface area (Å²) < 4.78 is 5.90. The molecule has 88 valence electrons. The van der Waals surface area contributed by atoms with Gasteiger partial charge in [0.2, 0.25) is 0 Å². The Morgan fingerprint density at radius 3 is 2.62 bits per heavy atom. The molecule has 1 atom stereocenters. The van der Waals surface area contributed by atoms with Gasteiger partial charge in [0, 0.05) is 17.3 Å². The number of ether oxygens (including phenoxy) is 1. The molecule has 0 fully saturated rings. The zero-order valence-electron chi connectivity index (χ0n) is 9.29. The van der Waals surface area contributed by atoms with Crippen LogP contribution in [0.4, 0.5) is 10.5 Å². The number of rotatable bonds is 4. The summed E-state index contributed by atoms with van der Waals surface area (Å²) in [5.74, 6) is 0. The largest absolute Gasteiger partial charge is 0.383 e. The zero-order chi connectivity index (χ0) is 12.0. The van der Waals surface area contributed by atoms with Crippen LogP contribution < -0.4 is 10.6 Å². The van der Waals surface area contributed by atoms with E-state index in [-0.39, 0.29) is 12.1 Å². The smallest absolute Gasteiger partial charge is 0.319 e. The molecule has 5 heteroatoms. The first-order chi connectivity index (χ1) is 7.61. The lowest BCUT2D eigenvalue weighted by Crippen LogP contribution is -2.38. The number of carbonyl (C=O) groups excluding carboxylic acids is 1. The molecular weight excluding hydrogens is 272 g/mol. The van der Waals surface area contributed by atoms with Gasteiger partial charge >= 0.3 is 6.03 Å². The van der Waals surface area contributed by atoms with E-state index in [0.29, 0.717) is 6.61 Å². The quantitative estimate of drug-likeness (QED) is 0.894. The maximum absolute atomic E-state index is 11.5. The van der Waals surface area contributed by atoms with E-state index in [0.717, 1.165) is 10.2 Å². The van der Waals surface area contributed by atoms with E-state index in [2.05, 4.69) is 26.6 Å². The predicted octanol–water partition coefficient (Wildman–Crippen LogP) is 2.61. The normalized spacial score (nSPS) is 11.9. The Morgan fingerprint density at radius 1 is 1.44 bits per heavy atom. The van der Waals surface area contributed by atoms with Gasteiger partial charge in [-0.05, 0) is 31.2 Å². The van der Waals surface area contributed by atoms with Crippen LogP contribution in [0.2, 0.25) is 0 Å². The van der Waals surface area contributed by atoms with Gasteiger partial charge in [-0.15, -0.1) is 0 Å². The highest BCUT2D eigenvalue weighted by Gasteiger charge is 2.06. The van der Waals surface area contributed by atoms with Crippen LogP contribution in [0.25, 0.3) is 0 Å². The summed E-state index contributed by atoms with van der Waals surface area (Å²) in [6.07, 6.45) is 0. The summed E-state index contributed by atoms with van der Waals surface area (Å²) in [5.41, 5.74) is 0.755. The van der Waals surface area contributed by atoms with Crippen molar-refractivity contribution in [2.75, 3.05) is 19.0 Å². The van der Waals surface area contributed by atoms with Crippen molar-refractivity contribution in [3.63, 3.8) is 0 Å². The summed E-state index contributed by atoms with van der Waals surface area (Å²) in [5, 5.41) is 5.49. The van der Waals surface area contributed by atoms with Gasteiger partial charge in [-0.3, -0.25) is 0 Å². The van der Waals surface area contributed by atoms with Crippen LogP contribution in [-0.4, -0.2) is 25.8 Å². The lowest BCUT2D eigenvalue weighted by Gasteiger charge is -2.13. The van der Waals surface area contributed by atoms with Gasteiger partial charge < -0.3 is 15.4 Å². The number of methoxy groups -OCH3 is 1. The molecule has 0 aliphatic carbocycles. The molecule has 2 N–H and O–H groups in total. The molecule has 16 heavy (non-hydrogen) atoms. The SMILES string of the molecule is COCC(C)NC(=O)Nc1ccc(Br)cc1. The van der Waals surface area contributed by atoms with Gasteiger partial charge in [-0.1, -0.05) is 15.9 Å². The monoisotopic (exact) mass is 286 g/mol. The fraction of sp³-hybridized carbons (Fsp3) is 0.364. The second-order valence-electron chi connectivity index (χ2n) is 3.46. The Hall–Kier alpha value is -1.07. The molecule has 1 aromatic carbocycles. The van der Waals surface area contributed by atoms with E-state index in [1.54, 1.807) is 7.11 Å². The predicted molar refractivity (Wildman–Crippen MR) is 67.6 cm³/mol. The molecule has 0 saturated carbocycles. The molecule has 0 spiro atoms. The molecule has 1 rings (SSSR count). The number of nitrogens with one attached hydrogen (secondary N) is 2. The van der Waals surface area contributed by atoms with Crippen molar-refractivity contribution in [1.29, 1.82) is 0 Å². The Balaban J connectivity index is 2.42. The lowest BCUT2D eigenvalue weighted by atomic mass is 10.3. The number of hydrogen-bond donors (Lipinski definition) is 2. The minimum atomic E-state index is -0.230. The summed E-state index contributed by atoms with van der Waals surface area (Å²) in [6.45, 7) is 2.37. The topological polar surface area (TPSA) is 50.4 Å². The third-order valence-electron chi connectivity index (χ3n) is 1.90. The first-order valence-electron chi connectivity index (χ1n) is 4.94. The van der Waals surface area contributed by atoms with E-state index in [4.69, 9.17) is 4.74 Å². The van der Waals surface area contributed by atoms with Gasteiger partial charge in [-0.2, -0.15) is 0 Å². The number of urea groups is 1. The highest BCUT2D eigenvalue weighted by Crippen LogP contribution is 2.13. The van der Waals surface area contributed by atoms with Gasteiger partial charge in [0.25, 0.3) is 0 Å². The minimum absolute atomic E-state index is 0.0135. The van der Waals surface area contributed by atoms with Crippen molar-refractivity contribution in [2.45, 2.75) is 13.0 Å². The van der Waals surface area contributed by atoms with Gasteiger partial charge in [-0.25, -0.2) is 4.79 Å². The number of hydrogen-bond acceptors (Lipinski definition) is 2. The van der Waals surface area contributed by atoms with Crippen LogP contribution in [0.3, 0.4) is 0 Å². The fourth-order valence-corrected chi connectivity index (χ4v) is 1.48. The van der Waals surface area contributed by atoms with Gasteiger partial charge in [0.05, 0.1) is 12.6 Å². The number of carbonyl (C=O) groups is 1. The second-order valence-corrected chi connectivity index (χ2v) is 4.38. The maximum atomic E-state index is 11.5. The summed E-state index contributed by atoms with van der Waals surface area (Å²) >= 11 is 3.33.